The van der Waals surface area contributed by atoms with Crippen LogP contribution in [0.25, 0.3) is 11.4 Å². The molecule has 2 aliphatic rings. The molecule has 2 fully saturated rings. The SMILES string of the molecule is CCCCC(=O)N1CC2(C1)CN(c1ccccc1-c1nn[nH]n1)C2. The van der Waals surface area contributed by atoms with E-state index in [1.807, 2.05) is 23.1 Å². The Balaban J connectivity index is 1.39. The number of anilines is 1. The molecule has 2 saturated heterocycles. The zero-order valence-corrected chi connectivity index (χ0v) is 13.9. The standard InChI is InChI=1S/C17H22N6O/c1-2-3-8-15(24)23-11-17(12-23)9-22(10-17)14-7-5-4-6-13(14)16-18-20-21-19-16/h4-7H,2-3,8-12H2,1H3,(H,18,19,20,21). The summed E-state index contributed by atoms with van der Waals surface area (Å²) in [6, 6.07) is 8.14. The van der Waals surface area contributed by atoms with E-state index in [4.69, 9.17) is 0 Å². The maximum atomic E-state index is 12.1. The molecule has 0 unspecified atom stereocenters. The zero-order valence-electron chi connectivity index (χ0n) is 13.9. The van der Waals surface area contributed by atoms with Gasteiger partial charge in [-0.25, -0.2) is 0 Å². The van der Waals surface area contributed by atoms with E-state index in [0.717, 1.165) is 50.3 Å². The van der Waals surface area contributed by atoms with Gasteiger partial charge < -0.3 is 9.80 Å². The Kier molecular flexibility index (Phi) is 3.70. The molecule has 1 aromatic carbocycles. The number of nitrogens with one attached hydrogen (secondary N) is 1. The zero-order chi connectivity index (χ0) is 16.6. The number of benzene rings is 1. The van der Waals surface area contributed by atoms with Crippen molar-refractivity contribution < 1.29 is 4.79 Å². The third-order valence-corrected chi connectivity index (χ3v) is 5.03. The van der Waals surface area contributed by atoms with Crippen molar-refractivity contribution in [1.29, 1.82) is 0 Å². The van der Waals surface area contributed by atoms with Crippen molar-refractivity contribution in [1.82, 2.24) is 25.5 Å². The Hall–Kier alpha value is -2.44. The summed E-state index contributed by atoms with van der Waals surface area (Å²) >= 11 is 0. The molecule has 1 aromatic heterocycles. The van der Waals surface area contributed by atoms with Crippen molar-refractivity contribution in [2.24, 2.45) is 5.41 Å². The molecule has 7 nitrogen and oxygen atoms in total. The topological polar surface area (TPSA) is 78.0 Å². The van der Waals surface area contributed by atoms with Crippen LogP contribution in [0.15, 0.2) is 24.3 Å². The van der Waals surface area contributed by atoms with Gasteiger partial charge in [0.2, 0.25) is 11.7 Å². The summed E-state index contributed by atoms with van der Waals surface area (Å²) in [6.45, 7) is 5.89. The number of H-pyrrole nitrogens is 1. The second-order valence-electron chi connectivity index (χ2n) is 6.96. The number of carbonyl (C=O) groups is 1. The van der Waals surface area contributed by atoms with Gasteiger partial charge in [-0.1, -0.05) is 25.5 Å². The van der Waals surface area contributed by atoms with Crippen molar-refractivity contribution in [3.05, 3.63) is 24.3 Å². The first-order chi connectivity index (χ1) is 11.7. The van der Waals surface area contributed by atoms with Gasteiger partial charge in [0.05, 0.1) is 0 Å². The Morgan fingerprint density at radius 1 is 1.25 bits per heavy atom. The number of rotatable bonds is 5. The van der Waals surface area contributed by atoms with Gasteiger partial charge in [0.15, 0.2) is 0 Å². The van der Waals surface area contributed by atoms with E-state index in [-0.39, 0.29) is 5.41 Å². The number of tetrazole rings is 1. The van der Waals surface area contributed by atoms with Gasteiger partial charge in [0, 0.05) is 49.3 Å². The monoisotopic (exact) mass is 326 g/mol. The molecule has 1 N–H and O–H groups in total. The first kappa shape index (κ1) is 15.1. The van der Waals surface area contributed by atoms with Crippen LogP contribution >= 0.6 is 0 Å². The van der Waals surface area contributed by atoms with Crippen LogP contribution in [0.2, 0.25) is 0 Å². The van der Waals surface area contributed by atoms with Gasteiger partial charge in [0.1, 0.15) is 0 Å². The van der Waals surface area contributed by atoms with E-state index < -0.39 is 0 Å². The fraction of sp³-hybridized carbons (Fsp3) is 0.529. The molecule has 0 aliphatic carbocycles. The molecule has 2 aliphatic heterocycles. The van der Waals surface area contributed by atoms with Crippen LogP contribution < -0.4 is 4.90 Å². The first-order valence-corrected chi connectivity index (χ1v) is 8.56. The maximum absolute atomic E-state index is 12.1. The maximum Gasteiger partial charge on any atom is 0.222 e. The van der Waals surface area contributed by atoms with Crippen LogP contribution in [0.5, 0.6) is 0 Å². The average molecular weight is 326 g/mol. The normalized spacial score (nSPS) is 18.4. The van der Waals surface area contributed by atoms with Crippen molar-refractivity contribution in [3.63, 3.8) is 0 Å². The molecule has 0 saturated carbocycles. The van der Waals surface area contributed by atoms with Crippen molar-refractivity contribution in [2.75, 3.05) is 31.1 Å². The second kappa shape index (κ2) is 5.89. The van der Waals surface area contributed by atoms with Crippen LogP contribution in [0.3, 0.4) is 0 Å². The lowest BCUT2D eigenvalue weighted by molar-refractivity contribution is -0.145. The number of para-hydroxylation sites is 1. The minimum absolute atomic E-state index is 0.284. The van der Waals surface area contributed by atoms with Gasteiger partial charge in [0.25, 0.3) is 0 Å². The van der Waals surface area contributed by atoms with Crippen LogP contribution in [0, 0.1) is 5.41 Å². The lowest BCUT2D eigenvalue weighted by Gasteiger charge is -2.61. The third-order valence-electron chi connectivity index (χ3n) is 5.03. The molecule has 0 atom stereocenters. The second-order valence-corrected chi connectivity index (χ2v) is 6.96. The van der Waals surface area contributed by atoms with Gasteiger partial charge in [-0.3, -0.25) is 4.79 Å². The number of nitrogens with zero attached hydrogens (tertiary/aromatic N) is 5. The fourth-order valence-electron chi connectivity index (χ4n) is 3.77. The number of hydrogen-bond donors (Lipinski definition) is 1. The van der Waals surface area contributed by atoms with E-state index >= 15 is 0 Å². The van der Waals surface area contributed by atoms with Crippen molar-refractivity contribution >= 4 is 11.6 Å². The van der Waals surface area contributed by atoms with E-state index in [0.29, 0.717) is 18.2 Å². The summed E-state index contributed by atoms with van der Waals surface area (Å²) in [5.74, 6) is 0.935. The highest BCUT2D eigenvalue weighted by Crippen LogP contribution is 2.44. The molecule has 1 spiro atoms. The molecule has 1 amide bonds. The molecule has 126 valence electrons. The Morgan fingerprint density at radius 2 is 2.04 bits per heavy atom. The summed E-state index contributed by atoms with van der Waals surface area (Å²) in [7, 11) is 0. The Bertz CT molecular complexity index is 714. The minimum atomic E-state index is 0.284. The van der Waals surface area contributed by atoms with E-state index in [9.17, 15) is 4.79 Å². The van der Waals surface area contributed by atoms with Crippen LogP contribution in [-0.4, -0.2) is 57.6 Å². The first-order valence-electron chi connectivity index (χ1n) is 8.56. The highest BCUT2D eigenvalue weighted by atomic mass is 16.2. The summed E-state index contributed by atoms with van der Waals surface area (Å²) in [6.07, 6.45) is 2.76. The Morgan fingerprint density at radius 3 is 2.75 bits per heavy atom. The smallest absolute Gasteiger partial charge is 0.222 e. The average Bonchev–Trinajstić information content (AvgIpc) is 3.05. The van der Waals surface area contributed by atoms with E-state index in [2.05, 4.69) is 38.5 Å². The quantitative estimate of drug-likeness (QED) is 0.905. The summed E-state index contributed by atoms with van der Waals surface area (Å²) in [5, 5.41) is 14.4. The van der Waals surface area contributed by atoms with Gasteiger partial charge >= 0.3 is 0 Å². The fourth-order valence-corrected chi connectivity index (χ4v) is 3.77. The number of aromatic nitrogens is 4. The molecule has 2 aromatic rings. The largest absolute Gasteiger partial charge is 0.369 e. The molecule has 3 heterocycles. The lowest BCUT2D eigenvalue weighted by atomic mass is 9.72. The summed E-state index contributed by atoms with van der Waals surface area (Å²) < 4.78 is 0. The van der Waals surface area contributed by atoms with Gasteiger partial charge in [-0.05, 0) is 23.8 Å². The lowest BCUT2D eigenvalue weighted by Crippen LogP contribution is -2.73. The molecule has 0 bridgehead atoms. The van der Waals surface area contributed by atoms with E-state index in [1.54, 1.807) is 0 Å². The molecule has 7 heteroatoms. The third kappa shape index (κ3) is 2.53. The molecule has 0 radical (unpaired) electrons. The molecule has 4 rings (SSSR count). The minimum Gasteiger partial charge on any atom is -0.369 e. The predicted molar refractivity (Wildman–Crippen MR) is 90.4 cm³/mol. The van der Waals surface area contributed by atoms with Gasteiger partial charge in [-0.15, -0.1) is 10.2 Å². The van der Waals surface area contributed by atoms with Gasteiger partial charge in [-0.2, -0.15) is 5.21 Å². The van der Waals surface area contributed by atoms with Crippen LogP contribution in [0.1, 0.15) is 26.2 Å². The van der Waals surface area contributed by atoms with Crippen LogP contribution in [0.4, 0.5) is 5.69 Å². The number of amides is 1. The Labute approximate surface area is 141 Å². The van der Waals surface area contributed by atoms with Crippen molar-refractivity contribution in [2.45, 2.75) is 26.2 Å². The van der Waals surface area contributed by atoms with E-state index in [1.165, 1.54) is 0 Å². The summed E-state index contributed by atoms with van der Waals surface area (Å²) in [4.78, 5) is 16.4. The van der Waals surface area contributed by atoms with Crippen LogP contribution in [-0.2, 0) is 4.79 Å². The molecular weight excluding hydrogens is 304 g/mol. The predicted octanol–water partition coefficient (Wildman–Crippen LogP) is 1.71. The number of aromatic amines is 1. The number of hydrogen-bond acceptors (Lipinski definition) is 5. The highest BCUT2D eigenvalue weighted by Gasteiger charge is 2.53. The number of unbranched alkanes of at least 4 members (excludes halogenated alkanes) is 1. The number of carbonyl (C=O) groups excluding carboxylic acids is 1. The summed E-state index contributed by atoms with van der Waals surface area (Å²) in [5.41, 5.74) is 2.42. The number of likely N-dealkylation sites (tertiary alicyclic amines) is 1. The van der Waals surface area contributed by atoms with Crippen molar-refractivity contribution in [3.8, 4) is 11.4 Å². The highest BCUT2D eigenvalue weighted by molar-refractivity contribution is 5.78. The molecule has 24 heavy (non-hydrogen) atoms. The molecular formula is C17H22N6O.